The van der Waals surface area contributed by atoms with E-state index >= 15 is 0 Å². The summed E-state index contributed by atoms with van der Waals surface area (Å²) in [5.41, 5.74) is 0.542. The van der Waals surface area contributed by atoms with Gasteiger partial charge in [0, 0.05) is 43.7 Å². The molecule has 13 nitrogen and oxygen atoms in total. The van der Waals surface area contributed by atoms with E-state index in [2.05, 4.69) is 30.9 Å². The first-order valence-corrected chi connectivity index (χ1v) is 12.3. The van der Waals surface area contributed by atoms with Crippen molar-refractivity contribution in [1.82, 2.24) is 24.8 Å². The van der Waals surface area contributed by atoms with Gasteiger partial charge >= 0.3 is 0 Å². The van der Waals surface area contributed by atoms with Crippen LogP contribution < -0.4 is 31.0 Å². The second-order valence-electron chi connectivity index (χ2n) is 8.75. The molecule has 0 saturated heterocycles. The third-order valence-electron chi connectivity index (χ3n) is 6.25. The molecule has 1 amide bonds. The lowest BCUT2D eigenvalue weighted by Gasteiger charge is -2.28. The maximum absolute atomic E-state index is 12.2. The first-order chi connectivity index (χ1) is 18.5. The van der Waals surface area contributed by atoms with Crippen molar-refractivity contribution in [2.75, 3.05) is 37.9 Å². The van der Waals surface area contributed by atoms with Crippen LogP contribution in [-0.2, 0) is 20.9 Å². The maximum Gasteiger partial charge on any atom is 0.293 e. The van der Waals surface area contributed by atoms with Crippen LogP contribution in [0.15, 0.2) is 35.3 Å². The smallest absolute Gasteiger partial charge is 0.293 e. The van der Waals surface area contributed by atoms with E-state index in [1.165, 1.54) is 6.20 Å². The number of carbonyl (C=O) groups is 2. The highest BCUT2D eigenvalue weighted by molar-refractivity contribution is 5.94. The lowest BCUT2D eigenvalue weighted by Crippen LogP contribution is -2.39. The van der Waals surface area contributed by atoms with E-state index in [0.29, 0.717) is 54.6 Å². The number of hydrogen-bond donors (Lipinski definition) is 3. The van der Waals surface area contributed by atoms with Gasteiger partial charge in [0.2, 0.25) is 11.8 Å². The van der Waals surface area contributed by atoms with Gasteiger partial charge < -0.3 is 30.2 Å². The largest absolute Gasteiger partial charge is 0.481 e. The fourth-order valence-corrected chi connectivity index (χ4v) is 4.38. The van der Waals surface area contributed by atoms with Crippen LogP contribution in [0.4, 0.5) is 11.8 Å². The summed E-state index contributed by atoms with van der Waals surface area (Å²) in [5, 5.41) is 9.71. The molecule has 0 bridgehead atoms. The van der Waals surface area contributed by atoms with Crippen LogP contribution in [0.25, 0.3) is 11.0 Å². The predicted molar refractivity (Wildman–Crippen MR) is 139 cm³/mol. The number of rotatable bonds is 8. The third-order valence-corrected chi connectivity index (χ3v) is 6.25. The lowest BCUT2D eigenvalue weighted by atomic mass is 9.93. The lowest BCUT2D eigenvalue weighted by molar-refractivity contribution is -0.135. The average Bonchev–Trinajstić information content (AvgIpc) is 2.94. The molecule has 0 aromatic carbocycles. The molecule has 2 atom stereocenters. The number of methoxy groups -OCH3 is 1. The van der Waals surface area contributed by atoms with Gasteiger partial charge in [-0.15, -0.1) is 0 Å². The molecule has 1 fully saturated rings. The van der Waals surface area contributed by atoms with Crippen molar-refractivity contribution in [2.24, 2.45) is 0 Å². The van der Waals surface area contributed by atoms with Crippen molar-refractivity contribution < 1.29 is 23.8 Å². The van der Waals surface area contributed by atoms with Gasteiger partial charge in [0.25, 0.3) is 17.9 Å². The van der Waals surface area contributed by atoms with Crippen LogP contribution in [-0.4, -0.2) is 71.4 Å². The van der Waals surface area contributed by atoms with Crippen LogP contribution in [0.1, 0.15) is 25.7 Å². The molecule has 38 heavy (non-hydrogen) atoms. The van der Waals surface area contributed by atoms with Crippen LogP contribution in [0.3, 0.4) is 0 Å². The van der Waals surface area contributed by atoms with E-state index < -0.39 is 0 Å². The number of nitrogens with one attached hydrogen (secondary N) is 3. The van der Waals surface area contributed by atoms with E-state index in [9.17, 15) is 14.4 Å². The Bertz CT molecular complexity index is 1330. The number of pyridine rings is 2. The summed E-state index contributed by atoms with van der Waals surface area (Å²) < 4.78 is 17.0. The SMILES string of the molecule is CNc1ncc2c(n1)NC(=O)CO2.COc1ccc2ccc(=O)n(CCNC3CCCC(OC=O)C3)c2n1. The second-order valence-corrected chi connectivity index (χ2v) is 8.75. The van der Waals surface area contributed by atoms with Gasteiger partial charge in [-0.25, -0.2) is 4.98 Å². The fraction of sp³-hybridized carbons (Fsp3) is 0.440. The van der Waals surface area contributed by atoms with Gasteiger partial charge in [-0.3, -0.25) is 19.0 Å². The van der Waals surface area contributed by atoms with Crippen LogP contribution in [0.2, 0.25) is 0 Å². The third kappa shape index (κ3) is 6.73. The molecule has 2 unspecified atom stereocenters. The fourth-order valence-electron chi connectivity index (χ4n) is 4.38. The molecule has 4 heterocycles. The van der Waals surface area contributed by atoms with E-state index in [4.69, 9.17) is 14.2 Å². The Morgan fingerprint density at radius 2 is 2.05 bits per heavy atom. The zero-order valence-electron chi connectivity index (χ0n) is 21.3. The van der Waals surface area contributed by atoms with Crippen LogP contribution >= 0.6 is 0 Å². The summed E-state index contributed by atoms with van der Waals surface area (Å²) in [4.78, 5) is 46.0. The average molecular weight is 526 g/mol. The topological polar surface area (TPSA) is 159 Å². The van der Waals surface area contributed by atoms with Crippen molar-refractivity contribution in [1.29, 1.82) is 0 Å². The van der Waals surface area contributed by atoms with Gasteiger partial charge in [0.05, 0.1) is 13.3 Å². The van der Waals surface area contributed by atoms with Gasteiger partial charge in [-0.1, -0.05) is 0 Å². The summed E-state index contributed by atoms with van der Waals surface area (Å²) in [6, 6.07) is 7.31. The number of aromatic nitrogens is 4. The molecule has 0 radical (unpaired) electrons. The Morgan fingerprint density at radius 1 is 1.21 bits per heavy atom. The standard InChI is InChI=1S/C18H23N3O4.C7H8N4O2/c1-24-16-7-5-13-6-8-17(23)21(18(13)20-16)10-9-19-14-3-2-4-15(11-14)25-12-22;1-8-7-9-2-4-6(11-7)10-5(12)3-13-4/h5-8,12,14-15,19H,2-4,9-11H2,1H3;2H,3H2,1H3,(H2,8,9,10,11,12). The Hall–Kier alpha value is -4.26. The zero-order valence-corrected chi connectivity index (χ0v) is 21.3. The van der Waals surface area contributed by atoms with Crippen LogP contribution in [0, 0.1) is 0 Å². The first-order valence-electron chi connectivity index (χ1n) is 12.3. The molecule has 13 heteroatoms. The number of nitrogens with zero attached hydrogens (tertiary/aromatic N) is 4. The Labute approximate surface area is 218 Å². The molecule has 5 rings (SSSR count). The van der Waals surface area contributed by atoms with Crippen LogP contribution in [0.5, 0.6) is 11.6 Å². The highest BCUT2D eigenvalue weighted by Gasteiger charge is 2.22. The Balaban J connectivity index is 0.000000216. The minimum atomic E-state index is -0.201. The minimum Gasteiger partial charge on any atom is -0.481 e. The Morgan fingerprint density at radius 3 is 2.84 bits per heavy atom. The monoisotopic (exact) mass is 525 g/mol. The number of ether oxygens (including phenoxy) is 3. The highest BCUT2D eigenvalue weighted by atomic mass is 16.5. The summed E-state index contributed by atoms with van der Waals surface area (Å²) in [6.07, 6.45) is 5.33. The van der Waals surface area contributed by atoms with E-state index in [1.807, 2.05) is 6.07 Å². The summed E-state index contributed by atoms with van der Waals surface area (Å²) in [6.45, 7) is 1.72. The number of amides is 1. The molecule has 2 aliphatic rings. The van der Waals surface area contributed by atoms with Gasteiger partial charge in [-0.05, 0) is 37.8 Å². The zero-order chi connectivity index (χ0) is 26.9. The molecule has 3 aromatic rings. The van der Waals surface area contributed by atoms with E-state index in [0.717, 1.165) is 31.1 Å². The van der Waals surface area contributed by atoms with Crippen molar-refractivity contribution in [3.05, 3.63) is 40.8 Å². The van der Waals surface area contributed by atoms with Crippen molar-refractivity contribution >= 4 is 35.2 Å². The second kappa shape index (κ2) is 12.8. The van der Waals surface area contributed by atoms with Crippen molar-refractivity contribution in [2.45, 2.75) is 44.4 Å². The number of fused-ring (bicyclic) bond motifs is 2. The molecule has 0 spiro atoms. The molecule has 1 aliphatic carbocycles. The number of anilines is 2. The van der Waals surface area contributed by atoms with Gasteiger partial charge in [0.15, 0.2) is 18.2 Å². The predicted octanol–water partition coefficient (Wildman–Crippen LogP) is 1.33. The summed E-state index contributed by atoms with van der Waals surface area (Å²) >= 11 is 0. The Kier molecular flexibility index (Phi) is 9.03. The minimum absolute atomic E-state index is 0.00467. The van der Waals surface area contributed by atoms with E-state index in [-0.39, 0.29) is 24.2 Å². The molecular weight excluding hydrogens is 494 g/mol. The molecule has 3 N–H and O–H groups in total. The maximum atomic E-state index is 12.2. The van der Waals surface area contributed by atoms with Gasteiger partial charge in [-0.2, -0.15) is 9.97 Å². The number of hydrogen-bond acceptors (Lipinski definition) is 11. The van der Waals surface area contributed by atoms with E-state index in [1.54, 1.807) is 36.9 Å². The molecule has 1 aliphatic heterocycles. The highest BCUT2D eigenvalue weighted by Crippen LogP contribution is 2.24. The van der Waals surface area contributed by atoms with Crippen molar-refractivity contribution in [3.8, 4) is 11.6 Å². The first kappa shape index (κ1) is 26.8. The normalized spacial score (nSPS) is 18.2. The molecular formula is C25H31N7O6. The van der Waals surface area contributed by atoms with Crippen molar-refractivity contribution in [3.63, 3.8) is 0 Å². The molecule has 202 valence electrons. The molecule has 1 saturated carbocycles. The number of carbonyl (C=O) groups excluding carboxylic acids is 2. The van der Waals surface area contributed by atoms with Gasteiger partial charge in [0.1, 0.15) is 11.8 Å². The molecule has 3 aromatic heterocycles. The quantitative estimate of drug-likeness (QED) is 0.364. The summed E-state index contributed by atoms with van der Waals surface area (Å²) in [5.74, 6) is 1.65. The summed E-state index contributed by atoms with van der Waals surface area (Å²) in [7, 11) is 3.26.